The van der Waals surface area contributed by atoms with E-state index >= 15 is 0 Å². The Labute approximate surface area is 99.2 Å². The predicted molar refractivity (Wildman–Crippen MR) is 60.1 cm³/mol. The number of rotatable bonds is 2. The summed E-state index contributed by atoms with van der Waals surface area (Å²) in [6.45, 7) is 2.49. The number of hydrogen-bond donors (Lipinski definition) is 1. The number of aryl methyl sites for hydroxylation is 1. The molecule has 1 saturated heterocycles. The largest absolute Gasteiger partial charge is 0.378 e. The minimum atomic E-state index is -0.156. The van der Waals surface area contributed by atoms with E-state index in [9.17, 15) is 4.79 Å². The monoisotopic (exact) mass is 234 g/mol. The maximum atomic E-state index is 12.0. The maximum absolute atomic E-state index is 12.0. The first-order valence-electron chi connectivity index (χ1n) is 5.48. The number of nitrogens with zero attached hydrogens (tertiary/aromatic N) is 3. The lowest BCUT2D eigenvalue weighted by molar-refractivity contribution is -0.121. The van der Waals surface area contributed by atoms with E-state index in [-0.39, 0.29) is 17.9 Å². The molecule has 6 nitrogen and oxygen atoms in total. The molecule has 0 saturated carbocycles. The number of carbonyl (C=O) groups excluding carboxylic acids is 1. The highest BCUT2D eigenvalue weighted by Crippen LogP contribution is 2.23. The molecular weight excluding hydrogens is 220 g/mol. The molecule has 0 radical (unpaired) electrons. The van der Waals surface area contributed by atoms with Gasteiger partial charge in [0.1, 0.15) is 17.5 Å². The van der Waals surface area contributed by atoms with Crippen LogP contribution in [0.2, 0.25) is 0 Å². The first-order valence-corrected chi connectivity index (χ1v) is 5.48. The number of nitrogens with one attached hydrogen (secondary N) is 1. The number of amides is 1. The van der Waals surface area contributed by atoms with Crippen molar-refractivity contribution in [2.75, 3.05) is 11.9 Å². The van der Waals surface area contributed by atoms with Crippen LogP contribution >= 0.6 is 0 Å². The zero-order valence-corrected chi connectivity index (χ0v) is 9.80. The Bertz CT molecular complexity index is 474. The molecular formula is C11H14N4O2. The van der Waals surface area contributed by atoms with E-state index in [0.29, 0.717) is 24.4 Å². The summed E-state index contributed by atoms with van der Waals surface area (Å²) in [5.74, 6) is 0.170. The van der Waals surface area contributed by atoms with Crippen LogP contribution in [0.4, 0.5) is 5.82 Å². The number of nitriles is 1. The molecule has 1 aliphatic rings. The quantitative estimate of drug-likeness (QED) is 0.815. The molecule has 0 bridgehead atoms. The van der Waals surface area contributed by atoms with Crippen LogP contribution < -0.4 is 5.32 Å². The van der Waals surface area contributed by atoms with Gasteiger partial charge in [-0.15, -0.1) is 0 Å². The fourth-order valence-electron chi connectivity index (χ4n) is 1.95. The lowest BCUT2D eigenvalue weighted by Crippen LogP contribution is -2.28. The molecule has 17 heavy (non-hydrogen) atoms. The van der Waals surface area contributed by atoms with E-state index in [4.69, 9.17) is 10.00 Å². The highest BCUT2D eigenvalue weighted by atomic mass is 16.5. The maximum Gasteiger partial charge on any atom is 0.231 e. The van der Waals surface area contributed by atoms with E-state index in [0.717, 1.165) is 0 Å². The van der Waals surface area contributed by atoms with Gasteiger partial charge >= 0.3 is 0 Å². The SMILES string of the molecule is CC1OCCC1C(=O)Nc1c(C#N)cnn1C. The van der Waals surface area contributed by atoms with Crippen molar-refractivity contribution in [2.45, 2.75) is 19.4 Å². The molecule has 0 spiro atoms. The van der Waals surface area contributed by atoms with E-state index in [1.807, 2.05) is 13.0 Å². The average molecular weight is 234 g/mol. The zero-order chi connectivity index (χ0) is 12.4. The number of carbonyl (C=O) groups is 1. The second kappa shape index (κ2) is 4.55. The van der Waals surface area contributed by atoms with Gasteiger partial charge in [0.15, 0.2) is 0 Å². The first kappa shape index (κ1) is 11.6. The summed E-state index contributed by atoms with van der Waals surface area (Å²) in [6, 6.07) is 1.99. The fraction of sp³-hybridized carbons (Fsp3) is 0.545. The van der Waals surface area contributed by atoms with Gasteiger partial charge in [-0.05, 0) is 13.3 Å². The van der Waals surface area contributed by atoms with Gasteiger partial charge in [0.05, 0.1) is 18.2 Å². The summed E-state index contributed by atoms with van der Waals surface area (Å²) >= 11 is 0. The van der Waals surface area contributed by atoms with Crippen molar-refractivity contribution in [1.82, 2.24) is 9.78 Å². The fourth-order valence-corrected chi connectivity index (χ4v) is 1.95. The van der Waals surface area contributed by atoms with Gasteiger partial charge in [0.25, 0.3) is 0 Å². The van der Waals surface area contributed by atoms with Crippen molar-refractivity contribution in [1.29, 1.82) is 5.26 Å². The number of hydrogen-bond acceptors (Lipinski definition) is 4. The summed E-state index contributed by atoms with van der Waals surface area (Å²) in [5.41, 5.74) is 0.368. The third-order valence-electron chi connectivity index (χ3n) is 3.01. The van der Waals surface area contributed by atoms with Gasteiger partial charge in [0.2, 0.25) is 5.91 Å². The Balaban J connectivity index is 2.13. The van der Waals surface area contributed by atoms with E-state index in [1.165, 1.54) is 10.9 Å². The van der Waals surface area contributed by atoms with Crippen LogP contribution in [-0.4, -0.2) is 28.4 Å². The molecule has 1 amide bonds. The van der Waals surface area contributed by atoms with E-state index < -0.39 is 0 Å². The van der Waals surface area contributed by atoms with E-state index in [1.54, 1.807) is 7.05 Å². The highest BCUT2D eigenvalue weighted by molar-refractivity contribution is 5.93. The van der Waals surface area contributed by atoms with Gasteiger partial charge in [-0.3, -0.25) is 9.48 Å². The van der Waals surface area contributed by atoms with Crippen molar-refractivity contribution in [3.8, 4) is 6.07 Å². The second-order valence-corrected chi connectivity index (χ2v) is 4.10. The topological polar surface area (TPSA) is 79.9 Å². The van der Waals surface area contributed by atoms with Crippen LogP contribution in [0.25, 0.3) is 0 Å². The molecule has 1 N–H and O–H groups in total. The number of anilines is 1. The van der Waals surface area contributed by atoms with Crippen molar-refractivity contribution in [3.63, 3.8) is 0 Å². The molecule has 2 atom stereocenters. The molecule has 6 heteroatoms. The summed E-state index contributed by atoms with van der Waals surface area (Å²) < 4.78 is 6.83. The van der Waals surface area contributed by atoms with Crippen LogP contribution in [0.15, 0.2) is 6.20 Å². The number of ether oxygens (including phenoxy) is 1. The molecule has 1 aromatic heterocycles. The van der Waals surface area contributed by atoms with E-state index in [2.05, 4.69) is 10.4 Å². The Morgan fingerprint density at radius 1 is 1.76 bits per heavy atom. The van der Waals surface area contributed by atoms with Crippen LogP contribution in [0.5, 0.6) is 0 Å². The third-order valence-corrected chi connectivity index (χ3v) is 3.01. The Morgan fingerprint density at radius 3 is 3.12 bits per heavy atom. The highest BCUT2D eigenvalue weighted by Gasteiger charge is 2.31. The molecule has 2 heterocycles. The minimum Gasteiger partial charge on any atom is -0.378 e. The zero-order valence-electron chi connectivity index (χ0n) is 9.80. The van der Waals surface area contributed by atoms with Crippen molar-refractivity contribution in [2.24, 2.45) is 13.0 Å². The third kappa shape index (κ3) is 2.15. The molecule has 2 unspecified atom stereocenters. The molecule has 0 aromatic carbocycles. The van der Waals surface area contributed by atoms with Gasteiger partial charge in [-0.1, -0.05) is 0 Å². The second-order valence-electron chi connectivity index (χ2n) is 4.10. The van der Waals surface area contributed by atoms with Crippen LogP contribution in [0, 0.1) is 17.2 Å². The average Bonchev–Trinajstić information content (AvgIpc) is 2.87. The Morgan fingerprint density at radius 2 is 2.53 bits per heavy atom. The van der Waals surface area contributed by atoms with Gasteiger partial charge in [-0.25, -0.2) is 0 Å². The predicted octanol–water partition coefficient (Wildman–Crippen LogP) is 0.655. The molecule has 1 fully saturated rings. The number of aromatic nitrogens is 2. The standard InChI is InChI=1S/C11H14N4O2/c1-7-9(3-4-17-7)11(16)14-10-8(5-12)6-13-15(10)2/h6-7,9H,3-4H2,1-2H3,(H,14,16). The molecule has 90 valence electrons. The smallest absolute Gasteiger partial charge is 0.231 e. The Hall–Kier alpha value is -1.87. The molecule has 1 aliphatic heterocycles. The summed E-state index contributed by atoms with van der Waals surface area (Å²) in [6.07, 6.45) is 2.07. The lowest BCUT2D eigenvalue weighted by Gasteiger charge is -2.14. The summed E-state index contributed by atoms with van der Waals surface area (Å²) in [4.78, 5) is 12.0. The first-order chi connectivity index (χ1) is 8.13. The molecule has 0 aliphatic carbocycles. The van der Waals surface area contributed by atoms with Crippen molar-refractivity contribution < 1.29 is 9.53 Å². The van der Waals surface area contributed by atoms with Crippen molar-refractivity contribution >= 4 is 11.7 Å². The minimum absolute atomic E-state index is 0.0752. The van der Waals surface area contributed by atoms with Crippen LogP contribution in [0.1, 0.15) is 18.9 Å². The molecule has 2 rings (SSSR count). The van der Waals surface area contributed by atoms with Crippen molar-refractivity contribution in [3.05, 3.63) is 11.8 Å². The summed E-state index contributed by atoms with van der Waals surface area (Å²) in [7, 11) is 1.69. The van der Waals surface area contributed by atoms with Gasteiger partial charge < -0.3 is 10.1 Å². The van der Waals surface area contributed by atoms with Gasteiger partial charge in [0, 0.05) is 13.7 Å². The molecule has 1 aromatic rings. The van der Waals surface area contributed by atoms with Crippen LogP contribution in [-0.2, 0) is 16.6 Å². The van der Waals surface area contributed by atoms with Gasteiger partial charge in [-0.2, -0.15) is 10.4 Å². The lowest BCUT2D eigenvalue weighted by atomic mass is 10.0. The summed E-state index contributed by atoms with van der Waals surface area (Å²) in [5, 5.41) is 15.6. The Kier molecular flexibility index (Phi) is 3.11. The normalized spacial score (nSPS) is 23.4. The van der Waals surface area contributed by atoms with Crippen LogP contribution in [0.3, 0.4) is 0 Å².